The third-order valence-electron chi connectivity index (χ3n) is 0.884. The maximum absolute atomic E-state index is 8.10. The van der Waals surface area contributed by atoms with Crippen LogP contribution in [0.25, 0.3) is 0 Å². The number of nitrogens with zero attached hydrogens (tertiary/aromatic N) is 1. The van der Waals surface area contributed by atoms with Crippen LogP contribution in [0.2, 0.25) is 0 Å². The summed E-state index contributed by atoms with van der Waals surface area (Å²) in [6, 6.07) is 2.22. The summed E-state index contributed by atoms with van der Waals surface area (Å²) < 4.78 is 0. The highest BCUT2D eigenvalue weighted by Crippen LogP contribution is 1.88. The Morgan fingerprint density at radius 2 is 2.33 bits per heavy atom. The summed E-state index contributed by atoms with van der Waals surface area (Å²) in [5, 5.41) is 8.10. The van der Waals surface area contributed by atoms with Crippen LogP contribution in [0.3, 0.4) is 0 Å². The Bertz CT molecular complexity index is 119. The highest BCUT2D eigenvalue weighted by molar-refractivity contribution is 4.91. The summed E-state index contributed by atoms with van der Waals surface area (Å²) in [4.78, 5) is 0. The van der Waals surface area contributed by atoms with E-state index < -0.39 is 0 Å². The molecule has 9 heavy (non-hydrogen) atoms. The number of hydrogen-bond donors (Lipinski definition) is 1. The normalized spacial score (nSPS) is 13.4. The van der Waals surface area contributed by atoms with Gasteiger partial charge in [0, 0.05) is 6.04 Å². The first-order chi connectivity index (χ1) is 4.27. The summed E-state index contributed by atoms with van der Waals surface area (Å²) in [5.41, 5.74) is 5.44. The van der Waals surface area contributed by atoms with Gasteiger partial charge in [0.15, 0.2) is 0 Å². The van der Waals surface area contributed by atoms with Gasteiger partial charge in [0.1, 0.15) is 0 Å². The first-order valence-corrected chi connectivity index (χ1v) is 3.05. The van der Waals surface area contributed by atoms with Gasteiger partial charge < -0.3 is 5.73 Å². The Morgan fingerprint density at radius 3 is 2.78 bits per heavy atom. The number of hydrogen-bond acceptors (Lipinski definition) is 2. The zero-order valence-electron chi connectivity index (χ0n) is 5.67. The van der Waals surface area contributed by atoms with Crippen LogP contribution in [-0.4, -0.2) is 6.04 Å². The molecule has 0 amide bonds. The summed E-state index contributed by atoms with van der Waals surface area (Å²) in [6.07, 6.45) is 5.13. The molecule has 2 N–H and O–H groups in total. The predicted molar refractivity (Wildman–Crippen MR) is 37.6 cm³/mol. The van der Waals surface area contributed by atoms with Crippen LogP contribution in [0.4, 0.5) is 0 Å². The molecule has 0 heterocycles. The largest absolute Gasteiger partial charge is 0.328 e. The highest BCUT2D eigenvalue weighted by Gasteiger charge is 1.85. The minimum atomic E-state index is 0.208. The number of allylic oxidation sites excluding steroid dienone is 1. The van der Waals surface area contributed by atoms with Crippen molar-refractivity contribution in [2.75, 3.05) is 0 Å². The molecule has 0 fully saturated rings. The van der Waals surface area contributed by atoms with Gasteiger partial charge in [-0.3, -0.25) is 0 Å². The van der Waals surface area contributed by atoms with Crippen LogP contribution in [0.5, 0.6) is 0 Å². The van der Waals surface area contributed by atoms with E-state index in [1.165, 1.54) is 0 Å². The van der Waals surface area contributed by atoms with E-state index in [1.54, 1.807) is 0 Å². The van der Waals surface area contributed by atoms with Crippen LogP contribution in [0, 0.1) is 11.3 Å². The zero-order chi connectivity index (χ0) is 7.11. The number of rotatable bonds is 3. The molecule has 0 aromatic rings. The second-order valence-electron chi connectivity index (χ2n) is 2.05. The van der Waals surface area contributed by atoms with E-state index in [-0.39, 0.29) is 6.04 Å². The van der Waals surface area contributed by atoms with Crippen LogP contribution < -0.4 is 5.73 Å². The summed E-state index contributed by atoms with van der Waals surface area (Å²) in [7, 11) is 0. The van der Waals surface area contributed by atoms with E-state index in [0.717, 1.165) is 6.42 Å². The van der Waals surface area contributed by atoms with Gasteiger partial charge in [-0.05, 0) is 13.3 Å². The van der Waals surface area contributed by atoms with Crippen LogP contribution in [0.15, 0.2) is 12.2 Å². The van der Waals surface area contributed by atoms with Gasteiger partial charge in [-0.1, -0.05) is 12.2 Å². The van der Waals surface area contributed by atoms with E-state index >= 15 is 0 Å². The third kappa shape index (κ3) is 7.19. The quantitative estimate of drug-likeness (QED) is 0.574. The lowest BCUT2D eigenvalue weighted by molar-refractivity contribution is 0.756. The molecule has 0 aliphatic rings. The standard InChI is InChI=1S/C7H12N2/c1-7(9)5-3-2-4-6-8/h2-3,7H,4-5,9H2,1H3/b3-2+/t7-/m0/s1. The van der Waals surface area contributed by atoms with E-state index in [9.17, 15) is 0 Å². The maximum atomic E-state index is 8.10. The zero-order valence-corrected chi connectivity index (χ0v) is 5.67. The van der Waals surface area contributed by atoms with Crippen LogP contribution in [0.1, 0.15) is 19.8 Å². The van der Waals surface area contributed by atoms with E-state index in [4.69, 9.17) is 11.0 Å². The third-order valence-corrected chi connectivity index (χ3v) is 0.884. The number of nitrogens with two attached hydrogens (primary N) is 1. The van der Waals surface area contributed by atoms with Gasteiger partial charge in [-0.2, -0.15) is 5.26 Å². The second kappa shape index (κ2) is 5.33. The first kappa shape index (κ1) is 8.19. The fraction of sp³-hybridized carbons (Fsp3) is 0.571. The van der Waals surface area contributed by atoms with Crippen molar-refractivity contribution < 1.29 is 0 Å². The van der Waals surface area contributed by atoms with Crippen molar-refractivity contribution in [1.29, 1.82) is 5.26 Å². The Morgan fingerprint density at radius 1 is 1.67 bits per heavy atom. The minimum Gasteiger partial charge on any atom is -0.328 e. The van der Waals surface area contributed by atoms with Gasteiger partial charge in [-0.25, -0.2) is 0 Å². The Balaban J connectivity index is 3.17. The Labute approximate surface area is 56.0 Å². The molecule has 1 atom stereocenters. The van der Waals surface area contributed by atoms with Crippen molar-refractivity contribution in [1.82, 2.24) is 0 Å². The van der Waals surface area contributed by atoms with Crippen molar-refractivity contribution >= 4 is 0 Å². The lowest BCUT2D eigenvalue weighted by Crippen LogP contribution is -2.12. The molecule has 0 aromatic heterocycles. The lowest BCUT2D eigenvalue weighted by Gasteiger charge is -1.95. The van der Waals surface area contributed by atoms with E-state index in [2.05, 4.69) is 0 Å². The maximum Gasteiger partial charge on any atom is 0.0663 e. The van der Waals surface area contributed by atoms with Crippen molar-refractivity contribution in [3.05, 3.63) is 12.2 Å². The average Bonchev–Trinajstić information content (AvgIpc) is 1.80. The topological polar surface area (TPSA) is 49.8 Å². The molecule has 0 bridgehead atoms. The average molecular weight is 124 g/mol. The molecule has 0 saturated carbocycles. The fourth-order valence-electron chi connectivity index (χ4n) is 0.447. The molecule has 2 nitrogen and oxygen atoms in total. The minimum absolute atomic E-state index is 0.208. The molecule has 0 unspecified atom stereocenters. The predicted octanol–water partition coefficient (Wildman–Crippen LogP) is 1.19. The molecule has 0 radical (unpaired) electrons. The van der Waals surface area contributed by atoms with Gasteiger partial charge >= 0.3 is 0 Å². The smallest absolute Gasteiger partial charge is 0.0663 e. The molecule has 0 saturated heterocycles. The SMILES string of the molecule is C[C@H](N)C/C=C/CC#N. The van der Waals surface area contributed by atoms with Crippen molar-refractivity contribution in [3.8, 4) is 6.07 Å². The van der Waals surface area contributed by atoms with Crippen LogP contribution >= 0.6 is 0 Å². The molecular weight excluding hydrogens is 112 g/mol. The van der Waals surface area contributed by atoms with Gasteiger partial charge in [0.2, 0.25) is 0 Å². The Kier molecular flexibility index (Phi) is 4.85. The highest BCUT2D eigenvalue weighted by atomic mass is 14.6. The molecule has 50 valence electrons. The van der Waals surface area contributed by atoms with E-state index in [1.807, 2.05) is 25.1 Å². The van der Waals surface area contributed by atoms with E-state index in [0.29, 0.717) is 6.42 Å². The molecule has 0 aliphatic carbocycles. The molecule has 0 rings (SSSR count). The lowest BCUT2D eigenvalue weighted by atomic mass is 10.2. The molecule has 2 heteroatoms. The number of nitriles is 1. The van der Waals surface area contributed by atoms with Crippen molar-refractivity contribution in [2.45, 2.75) is 25.8 Å². The summed E-state index contributed by atoms with van der Waals surface area (Å²) in [6.45, 7) is 1.94. The molecule has 0 spiro atoms. The molecule has 0 aromatic carbocycles. The van der Waals surface area contributed by atoms with Crippen molar-refractivity contribution in [3.63, 3.8) is 0 Å². The second-order valence-corrected chi connectivity index (χ2v) is 2.05. The van der Waals surface area contributed by atoms with Crippen molar-refractivity contribution in [2.24, 2.45) is 5.73 Å². The molecular formula is C7H12N2. The van der Waals surface area contributed by atoms with Crippen LogP contribution in [-0.2, 0) is 0 Å². The van der Waals surface area contributed by atoms with Gasteiger partial charge in [0.25, 0.3) is 0 Å². The Hall–Kier alpha value is -0.810. The summed E-state index contributed by atoms with van der Waals surface area (Å²) in [5.74, 6) is 0. The first-order valence-electron chi connectivity index (χ1n) is 3.05. The van der Waals surface area contributed by atoms with Gasteiger partial charge in [0.05, 0.1) is 12.5 Å². The summed E-state index contributed by atoms with van der Waals surface area (Å²) >= 11 is 0. The monoisotopic (exact) mass is 124 g/mol. The fourth-order valence-corrected chi connectivity index (χ4v) is 0.447. The van der Waals surface area contributed by atoms with Gasteiger partial charge in [-0.15, -0.1) is 0 Å². The molecule has 0 aliphatic heterocycles.